The zero-order chi connectivity index (χ0) is 27.7. The van der Waals surface area contributed by atoms with E-state index in [0.29, 0.717) is 35.9 Å². The molecule has 0 aliphatic carbocycles. The quantitative estimate of drug-likeness (QED) is 0.302. The minimum atomic E-state index is -0.194. The molecule has 1 fully saturated rings. The van der Waals surface area contributed by atoms with E-state index in [2.05, 4.69) is 55.5 Å². The van der Waals surface area contributed by atoms with Gasteiger partial charge in [0, 0.05) is 47.3 Å². The lowest BCUT2D eigenvalue weighted by molar-refractivity contribution is 0.0590. The van der Waals surface area contributed by atoms with Gasteiger partial charge in [0.25, 0.3) is 5.91 Å². The number of thiazole rings is 1. The molecule has 1 aliphatic heterocycles. The lowest BCUT2D eigenvalue weighted by Gasteiger charge is -2.39. The van der Waals surface area contributed by atoms with Crippen LogP contribution >= 0.6 is 22.9 Å². The Bertz CT molecular complexity index is 1480. The molecule has 8 nitrogen and oxygen atoms in total. The van der Waals surface area contributed by atoms with E-state index in [1.54, 1.807) is 40.0 Å². The second-order valence-electron chi connectivity index (χ2n) is 10.1. The molecule has 2 aromatic carbocycles. The fourth-order valence-corrected chi connectivity index (χ4v) is 5.72. The molecule has 1 N–H and O–H groups in total. The second kappa shape index (κ2) is 11.2. The van der Waals surface area contributed by atoms with Crippen molar-refractivity contribution in [3.05, 3.63) is 82.0 Å². The number of nitrogens with zero attached hydrogens (tertiary/aromatic N) is 5. The molecule has 0 saturated carbocycles. The summed E-state index contributed by atoms with van der Waals surface area (Å²) in [4.78, 5) is 35.0. The molecular formula is C29H31ClN6O2S. The number of amides is 3. The molecule has 1 atom stereocenters. The maximum atomic E-state index is 13.7. The largest absolute Gasteiger partial charge is 0.335 e. The maximum absolute atomic E-state index is 13.7. The number of benzene rings is 2. The third-order valence-electron chi connectivity index (χ3n) is 6.88. The van der Waals surface area contributed by atoms with E-state index in [1.807, 2.05) is 17.2 Å². The molecule has 1 aliphatic rings. The van der Waals surface area contributed by atoms with Crippen LogP contribution in [-0.2, 0) is 0 Å². The topological polar surface area (TPSA) is 83.4 Å². The van der Waals surface area contributed by atoms with Gasteiger partial charge in [-0.15, -0.1) is 11.3 Å². The van der Waals surface area contributed by atoms with Crippen LogP contribution in [0.4, 0.5) is 10.5 Å². The Balaban J connectivity index is 1.31. The SMILES string of the molecule is Cc1ccc(-c2csc(-n3ncc(C(=O)N4CCN(C(=O)Nc5ccc(Cl)cc5)C(C)C4)c3C(C)C)n2)cc1. The lowest BCUT2D eigenvalue weighted by Crippen LogP contribution is -2.56. The Hall–Kier alpha value is -3.69. The summed E-state index contributed by atoms with van der Waals surface area (Å²) < 4.78 is 1.79. The van der Waals surface area contributed by atoms with Crippen molar-refractivity contribution < 1.29 is 9.59 Å². The molecule has 2 aromatic heterocycles. The molecule has 0 spiro atoms. The first-order chi connectivity index (χ1) is 18.7. The fraction of sp³-hybridized carbons (Fsp3) is 0.310. The number of hydrogen-bond acceptors (Lipinski definition) is 5. The Morgan fingerprint density at radius 1 is 1.08 bits per heavy atom. The number of nitrogens with one attached hydrogen (secondary N) is 1. The molecule has 3 heterocycles. The monoisotopic (exact) mass is 562 g/mol. The molecule has 4 aromatic rings. The summed E-state index contributed by atoms with van der Waals surface area (Å²) >= 11 is 7.45. The minimum absolute atomic E-state index is 0.0574. The number of aromatic nitrogens is 3. The van der Waals surface area contributed by atoms with Gasteiger partial charge in [0.15, 0.2) is 0 Å². The first-order valence-corrected chi connectivity index (χ1v) is 14.2. The van der Waals surface area contributed by atoms with Crippen LogP contribution in [0.25, 0.3) is 16.4 Å². The van der Waals surface area contributed by atoms with Crippen molar-refractivity contribution in [2.75, 3.05) is 25.0 Å². The van der Waals surface area contributed by atoms with Crippen molar-refractivity contribution in [3.63, 3.8) is 0 Å². The van der Waals surface area contributed by atoms with Crippen LogP contribution in [0, 0.1) is 6.92 Å². The normalized spacial score (nSPS) is 15.6. The molecule has 1 saturated heterocycles. The predicted octanol–water partition coefficient (Wildman–Crippen LogP) is 6.46. The van der Waals surface area contributed by atoms with E-state index in [4.69, 9.17) is 16.6 Å². The molecule has 0 radical (unpaired) electrons. The Morgan fingerprint density at radius 3 is 2.46 bits per heavy atom. The van der Waals surface area contributed by atoms with Gasteiger partial charge in [-0.05, 0) is 44.0 Å². The van der Waals surface area contributed by atoms with Gasteiger partial charge < -0.3 is 15.1 Å². The van der Waals surface area contributed by atoms with Crippen molar-refractivity contribution in [2.45, 2.75) is 39.7 Å². The molecule has 3 amide bonds. The fourth-order valence-electron chi connectivity index (χ4n) is 4.79. The highest BCUT2D eigenvalue weighted by molar-refractivity contribution is 7.12. The van der Waals surface area contributed by atoms with Crippen LogP contribution in [0.1, 0.15) is 48.3 Å². The molecule has 202 valence electrons. The standard InChI is InChI=1S/C29H31ClN6O2S/c1-18(2)26-24(15-31-36(26)29-33-25(17-39-29)21-7-5-19(3)6-8-21)27(37)34-13-14-35(20(4)16-34)28(38)32-23-11-9-22(30)10-12-23/h5-12,15,17-18,20H,13-14,16H2,1-4H3,(H,32,38). The summed E-state index contributed by atoms with van der Waals surface area (Å²) in [6.07, 6.45) is 1.65. The predicted molar refractivity (Wildman–Crippen MR) is 156 cm³/mol. The van der Waals surface area contributed by atoms with Crippen LogP contribution in [0.2, 0.25) is 5.02 Å². The van der Waals surface area contributed by atoms with Crippen LogP contribution in [0.3, 0.4) is 0 Å². The maximum Gasteiger partial charge on any atom is 0.322 e. The number of hydrogen-bond donors (Lipinski definition) is 1. The average molecular weight is 563 g/mol. The van der Waals surface area contributed by atoms with Crippen molar-refractivity contribution in [3.8, 4) is 16.4 Å². The van der Waals surface area contributed by atoms with Crippen LogP contribution in [-0.4, -0.2) is 62.2 Å². The van der Waals surface area contributed by atoms with Gasteiger partial charge in [-0.1, -0.05) is 55.3 Å². The number of anilines is 1. The third kappa shape index (κ3) is 5.69. The first kappa shape index (κ1) is 26.9. The number of halogens is 1. The van der Waals surface area contributed by atoms with E-state index in [-0.39, 0.29) is 23.9 Å². The summed E-state index contributed by atoms with van der Waals surface area (Å²) in [5.41, 5.74) is 5.21. The van der Waals surface area contributed by atoms with Crippen LogP contribution in [0.15, 0.2) is 60.1 Å². The molecule has 0 bridgehead atoms. The van der Waals surface area contributed by atoms with E-state index in [9.17, 15) is 9.59 Å². The van der Waals surface area contributed by atoms with Gasteiger partial charge in [-0.3, -0.25) is 4.79 Å². The lowest BCUT2D eigenvalue weighted by atomic mass is 10.0. The average Bonchev–Trinajstić information content (AvgIpc) is 3.58. The zero-order valence-corrected chi connectivity index (χ0v) is 24.0. The van der Waals surface area contributed by atoms with Crippen LogP contribution < -0.4 is 5.32 Å². The van der Waals surface area contributed by atoms with Gasteiger partial charge in [0.05, 0.1) is 23.1 Å². The summed E-state index contributed by atoms with van der Waals surface area (Å²) in [6.45, 7) is 9.43. The number of aryl methyl sites for hydroxylation is 1. The summed E-state index contributed by atoms with van der Waals surface area (Å²) in [6, 6.07) is 14.9. The van der Waals surface area contributed by atoms with E-state index >= 15 is 0 Å². The molecular weight excluding hydrogens is 532 g/mol. The van der Waals surface area contributed by atoms with E-state index in [1.165, 1.54) is 16.9 Å². The smallest absolute Gasteiger partial charge is 0.322 e. The number of piperazine rings is 1. The van der Waals surface area contributed by atoms with Crippen molar-refractivity contribution in [1.82, 2.24) is 24.6 Å². The van der Waals surface area contributed by atoms with Crippen molar-refractivity contribution in [2.24, 2.45) is 0 Å². The molecule has 39 heavy (non-hydrogen) atoms. The molecule has 1 unspecified atom stereocenters. The van der Waals surface area contributed by atoms with Gasteiger partial charge in [-0.25, -0.2) is 14.5 Å². The molecule has 10 heteroatoms. The van der Waals surface area contributed by atoms with Gasteiger partial charge in [-0.2, -0.15) is 5.10 Å². The van der Waals surface area contributed by atoms with Crippen LogP contribution in [0.5, 0.6) is 0 Å². The van der Waals surface area contributed by atoms with Crippen molar-refractivity contribution >= 4 is 40.6 Å². The highest BCUT2D eigenvalue weighted by atomic mass is 35.5. The number of carbonyl (C=O) groups is 2. The molecule has 5 rings (SSSR count). The summed E-state index contributed by atoms with van der Waals surface area (Å²) in [5.74, 6) is -0.0214. The number of rotatable bonds is 5. The third-order valence-corrected chi connectivity index (χ3v) is 7.94. The van der Waals surface area contributed by atoms with Gasteiger partial charge in [0.1, 0.15) is 0 Å². The zero-order valence-electron chi connectivity index (χ0n) is 22.4. The highest BCUT2D eigenvalue weighted by Gasteiger charge is 2.33. The van der Waals surface area contributed by atoms with Crippen molar-refractivity contribution in [1.29, 1.82) is 0 Å². The Morgan fingerprint density at radius 2 is 1.79 bits per heavy atom. The highest BCUT2D eigenvalue weighted by Crippen LogP contribution is 2.29. The van der Waals surface area contributed by atoms with E-state index in [0.717, 1.165) is 22.1 Å². The Kier molecular flexibility index (Phi) is 7.72. The van der Waals surface area contributed by atoms with E-state index < -0.39 is 0 Å². The first-order valence-electron chi connectivity index (χ1n) is 12.9. The number of carbonyl (C=O) groups excluding carboxylic acids is 2. The Labute approximate surface area is 237 Å². The van der Waals surface area contributed by atoms with Gasteiger partial charge in [0.2, 0.25) is 5.13 Å². The summed E-state index contributed by atoms with van der Waals surface area (Å²) in [5, 5.41) is 10.9. The minimum Gasteiger partial charge on any atom is -0.335 e. The van der Waals surface area contributed by atoms with Gasteiger partial charge >= 0.3 is 6.03 Å². The second-order valence-corrected chi connectivity index (χ2v) is 11.4. The summed E-state index contributed by atoms with van der Waals surface area (Å²) in [7, 11) is 0. The number of urea groups is 1.